The fraction of sp³-hybridized carbons (Fsp3) is 0.400. The maximum absolute atomic E-state index is 13.0. The lowest BCUT2D eigenvalue weighted by Gasteiger charge is -2.36. The number of amides is 2. The first-order valence-electron chi connectivity index (χ1n) is 9.43. The van der Waals surface area contributed by atoms with Gasteiger partial charge in [-0.3, -0.25) is 9.59 Å². The Morgan fingerprint density at radius 3 is 2.29 bits per heavy atom. The number of halogens is 1. The smallest absolute Gasteiger partial charge is 0.238 e. The summed E-state index contributed by atoms with van der Waals surface area (Å²) in [5, 5.41) is 2.84. The van der Waals surface area contributed by atoms with Crippen LogP contribution >= 0.6 is 0 Å². The second kappa shape index (κ2) is 7.53. The quantitative estimate of drug-likeness (QED) is 0.789. The van der Waals surface area contributed by atoms with Crippen LogP contribution in [0.25, 0.3) is 0 Å². The van der Waals surface area contributed by atoms with E-state index in [1.54, 1.807) is 35.5 Å². The molecular weight excluding hydrogens is 361 g/mol. The Balaban J connectivity index is 1.32. The summed E-state index contributed by atoms with van der Waals surface area (Å²) < 4.78 is 13.0. The maximum atomic E-state index is 13.0. The number of rotatable bonds is 5. The van der Waals surface area contributed by atoms with E-state index in [1.165, 1.54) is 12.1 Å². The van der Waals surface area contributed by atoms with Crippen molar-refractivity contribution in [1.29, 1.82) is 0 Å². The SMILES string of the molecule is O=C(NCc1ccc(F)cc1)C1(C(=O)N2CCN(c3ncccn3)CC2)CC1. The largest absolute Gasteiger partial charge is 0.351 e. The van der Waals surface area contributed by atoms with Crippen molar-refractivity contribution in [3.63, 3.8) is 0 Å². The first-order chi connectivity index (χ1) is 13.6. The van der Waals surface area contributed by atoms with Crippen molar-refractivity contribution in [2.24, 2.45) is 5.41 Å². The number of piperazine rings is 1. The number of anilines is 1. The molecule has 1 N–H and O–H groups in total. The first kappa shape index (κ1) is 18.3. The van der Waals surface area contributed by atoms with Gasteiger partial charge in [-0.05, 0) is 36.6 Å². The Kier molecular flexibility index (Phi) is 4.93. The average Bonchev–Trinajstić information content (AvgIpc) is 3.55. The third-order valence-corrected chi connectivity index (χ3v) is 5.36. The molecule has 1 aliphatic heterocycles. The van der Waals surface area contributed by atoms with Gasteiger partial charge in [-0.15, -0.1) is 0 Å². The molecule has 0 atom stereocenters. The third kappa shape index (κ3) is 3.67. The average molecular weight is 383 g/mol. The number of benzene rings is 1. The van der Waals surface area contributed by atoms with Gasteiger partial charge in [0, 0.05) is 45.1 Å². The molecule has 146 valence electrons. The molecule has 0 spiro atoms. The molecule has 0 bridgehead atoms. The number of carbonyl (C=O) groups excluding carboxylic acids is 2. The maximum Gasteiger partial charge on any atom is 0.238 e. The van der Waals surface area contributed by atoms with Crippen LogP contribution in [0.2, 0.25) is 0 Å². The van der Waals surface area contributed by atoms with Crippen molar-refractivity contribution in [3.8, 4) is 0 Å². The van der Waals surface area contributed by atoms with Crippen LogP contribution in [0, 0.1) is 11.2 Å². The normalized spacial score (nSPS) is 17.9. The lowest BCUT2D eigenvalue weighted by Crippen LogP contribution is -2.53. The number of nitrogens with one attached hydrogen (secondary N) is 1. The van der Waals surface area contributed by atoms with Gasteiger partial charge in [-0.25, -0.2) is 14.4 Å². The zero-order valence-electron chi connectivity index (χ0n) is 15.5. The molecule has 0 radical (unpaired) electrons. The highest BCUT2D eigenvalue weighted by Gasteiger charge is 2.58. The van der Waals surface area contributed by atoms with E-state index in [0.29, 0.717) is 45.0 Å². The molecule has 7 nitrogen and oxygen atoms in total. The summed E-state index contributed by atoms with van der Waals surface area (Å²) in [5.41, 5.74) is -0.139. The highest BCUT2D eigenvalue weighted by atomic mass is 19.1. The predicted molar refractivity (Wildman–Crippen MR) is 101 cm³/mol. The van der Waals surface area contributed by atoms with Crippen LogP contribution in [0.1, 0.15) is 18.4 Å². The zero-order chi connectivity index (χ0) is 19.6. The zero-order valence-corrected chi connectivity index (χ0v) is 15.5. The van der Waals surface area contributed by atoms with Crippen LogP contribution in [0.5, 0.6) is 0 Å². The molecular formula is C20H22FN5O2. The highest BCUT2D eigenvalue weighted by Crippen LogP contribution is 2.47. The third-order valence-electron chi connectivity index (χ3n) is 5.36. The van der Waals surface area contributed by atoms with Crippen molar-refractivity contribution in [1.82, 2.24) is 20.2 Å². The second-order valence-corrected chi connectivity index (χ2v) is 7.22. The Labute approximate surface area is 162 Å². The van der Waals surface area contributed by atoms with E-state index in [0.717, 1.165) is 5.56 Å². The number of nitrogens with zero attached hydrogens (tertiary/aromatic N) is 4. The van der Waals surface area contributed by atoms with Crippen LogP contribution < -0.4 is 10.2 Å². The molecule has 1 aromatic heterocycles. The van der Waals surface area contributed by atoms with Crippen LogP contribution in [0.4, 0.5) is 10.3 Å². The standard InChI is InChI=1S/C20H22FN5O2/c21-16-4-2-15(3-5-16)14-24-17(27)20(6-7-20)18(28)25-10-12-26(13-11-25)19-22-8-1-9-23-19/h1-5,8-9H,6-7,10-14H2,(H,24,27). The minimum atomic E-state index is -0.939. The molecule has 1 aliphatic carbocycles. The van der Waals surface area contributed by atoms with Crippen molar-refractivity contribution in [2.75, 3.05) is 31.1 Å². The van der Waals surface area contributed by atoms with Gasteiger partial charge < -0.3 is 15.1 Å². The minimum Gasteiger partial charge on any atom is -0.351 e. The molecule has 2 aliphatic rings. The van der Waals surface area contributed by atoms with Gasteiger partial charge in [0.25, 0.3) is 0 Å². The summed E-state index contributed by atoms with van der Waals surface area (Å²) in [6, 6.07) is 7.74. The fourth-order valence-corrected chi connectivity index (χ4v) is 3.48. The van der Waals surface area contributed by atoms with Gasteiger partial charge in [-0.2, -0.15) is 0 Å². The highest BCUT2D eigenvalue weighted by molar-refractivity contribution is 6.07. The number of hydrogen-bond donors (Lipinski definition) is 1. The molecule has 2 aromatic rings. The van der Waals surface area contributed by atoms with Crippen molar-refractivity contribution >= 4 is 17.8 Å². The van der Waals surface area contributed by atoms with Crippen LogP contribution in [0.3, 0.4) is 0 Å². The van der Waals surface area contributed by atoms with Gasteiger partial charge in [0.15, 0.2) is 0 Å². The Morgan fingerprint density at radius 2 is 1.68 bits per heavy atom. The second-order valence-electron chi connectivity index (χ2n) is 7.22. The fourth-order valence-electron chi connectivity index (χ4n) is 3.48. The van der Waals surface area contributed by atoms with Crippen molar-refractivity contribution < 1.29 is 14.0 Å². The Morgan fingerprint density at radius 1 is 1.04 bits per heavy atom. The first-order valence-corrected chi connectivity index (χ1v) is 9.43. The molecule has 1 aromatic carbocycles. The minimum absolute atomic E-state index is 0.0993. The van der Waals surface area contributed by atoms with E-state index in [2.05, 4.69) is 15.3 Å². The van der Waals surface area contributed by atoms with E-state index in [1.807, 2.05) is 4.90 Å². The Hall–Kier alpha value is -3.03. The monoisotopic (exact) mass is 383 g/mol. The molecule has 2 amide bonds. The van der Waals surface area contributed by atoms with E-state index in [9.17, 15) is 14.0 Å². The molecule has 28 heavy (non-hydrogen) atoms. The van der Waals surface area contributed by atoms with Crippen LogP contribution in [-0.4, -0.2) is 52.9 Å². The van der Waals surface area contributed by atoms with E-state index >= 15 is 0 Å². The van der Waals surface area contributed by atoms with Gasteiger partial charge >= 0.3 is 0 Å². The van der Waals surface area contributed by atoms with Gasteiger partial charge in [0.05, 0.1) is 0 Å². The lowest BCUT2D eigenvalue weighted by atomic mass is 10.0. The van der Waals surface area contributed by atoms with E-state index in [4.69, 9.17) is 0 Å². The van der Waals surface area contributed by atoms with Crippen molar-refractivity contribution in [2.45, 2.75) is 19.4 Å². The predicted octanol–water partition coefficient (Wildman–Crippen LogP) is 1.36. The van der Waals surface area contributed by atoms with Crippen LogP contribution in [-0.2, 0) is 16.1 Å². The van der Waals surface area contributed by atoms with E-state index < -0.39 is 5.41 Å². The van der Waals surface area contributed by atoms with Crippen molar-refractivity contribution in [3.05, 3.63) is 54.1 Å². The van der Waals surface area contributed by atoms with E-state index in [-0.39, 0.29) is 24.2 Å². The number of carbonyl (C=O) groups is 2. The lowest BCUT2D eigenvalue weighted by molar-refractivity contribution is -0.144. The molecule has 0 unspecified atom stereocenters. The summed E-state index contributed by atoms with van der Waals surface area (Å²) in [6.45, 7) is 2.66. The Bertz CT molecular complexity index is 847. The number of aromatic nitrogens is 2. The van der Waals surface area contributed by atoms with Gasteiger partial charge in [0.2, 0.25) is 17.8 Å². The molecule has 2 fully saturated rings. The summed E-state index contributed by atoms with van der Waals surface area (Å²) in [7, 11) is 0. The summed E-state index contributed by atoms with van der Waals surface area (Å²) in [4.78, 5) is 38.0. The van der Waals surface area contributed by atoms with Gasteiger partial charge in [0.1, 0.15) is 11.2 Å². The van der Waals surface area contributed by atoms with Crippen LogP contribution in [0.15, 0.2) is 42.7 Å². The summed E-state index contributed by atoms with van der Waals surface area (Å²) in [6.07, 6.45) is 4.54. The molecule has 8 heteroatoms. The summed E-state index contributed by atoms with van der Waals surface area (Å²) >= 11 is 0. The topological polar surface area (TPSA) is 78.4 Å². The number of hydrogen-bond acceptors (Lipinski definition) is 5. The van der Waals surface area contributed by atoms with Gasteiger partial charge in [-0.1, -0.05) is 12.1 Å². The molecule has 1 saturated heterocycles. The molecule has 2 heterocycles. The summed E-state index contributed by atoms with van der Waals surface area (Å²) in [5.74, 6) is 0.00474. The molecule has 4 rings (SSSR count). The molecule has 1 saturated carbocycles.